The second kappa shape index (κ2) is 25.8. The third kappa shape index (κ3) is 11.8. The summed E-state index contributed by atoms with van der Waals surface area (Å²) in [5.41, 5.74) is 1.38. The highest BCUT2D eigenvalue weighted by Gasteiger charge is 2.41. The van der Waals surface area contributed by atoms with Gasteiger partial charge in [-0.05, 0) is 169 Å². The van der Waals surface area contributed by atoms with Crippen LogP contribution in [0.1, 0.15) is 12.0 Å². The minimum Gasteiger partial charge on any atom is -0.372 e. The number of allylic oxidation sites excluding steroid dienone is 1. The van der Waals surface area contributed by atoms with Crippen molar-refractivity contribution in [2.24, 2.45) is 0 Å². The van der Waals surface area contributed by atoms with Crippen molar-refractivity contribution in [3.63, 3.8) is 0 Å². The molecule has 6 nitrogen and oxygen atoms in total. The van der Waals surface area contributed by atoms with Crippen molar-refractivity contribution in [1.82, 2.24) is 0 Å². The summed E-state index contributed by atoms with van der Waals surface area (Å²) in [6.45, 7) is 0. The van der Waals surface area contributed by atoms with Gasteiger partial charge in [-0.1, -0.05) is 146 Å². The first-order valence-electron chi connectivity index (χ1n) is 29.5. The summed E-state index contributed by atoms with van der Waals surface area (Å²) in [4.78, 5) is 7.61. The van der Waals surface area contributed by atoms with Gasteiger partial charge in [0, 0.05) is 57.6 Å². The Labute approximate surface area is 527 Å². The number of halogens is 8. The summed E-state index contributed by atoms with van der Waals surface area (Å²) in [7, 11) is 0. The maximum absolute atomic E-state index is 16.8. The van der Waals surface area contributed by atoms with Gasteiger partial charge in [-0.2, -0.15) is 0 Å². The molecule has 1 aliphatic rings. The van der Waals surface area contributed by atoms with E-state index in [0.29, 0.717) is 51.1 Å². The molecule has 0 spiro atoms. The first-order chi connectivity index (χ1) is 44.9. The largest absolute Gasteiger partial charge is 0.372 e. The SMILES string of the molecule is Fc1cccc(F)c1N(C1=CC(Nc2ccccc2)(c2cccc(N(c3ccccc3)c3cc(N(c4ccccc4)c4c(F)cccc4F)cc(N(c4ccccc4)c4c(F)cccc4F)c3)c2)CC(N(c2ccccc2)c2c(F)cccc2F)=C1)c1ccccc1. The summed E-state index contributed by atoms with van der Waals surface area (Å²) < 4.78 is 134. The maximum atomic E-state index is 16.8. The number of rotatable bonds is 18. The zero-order valence-corrected chi connectivity index (χ0v) is 48.9. The van der Waals surface area contributed by atoms with Gasteiger partial charge in [0.05, 0.1) is 22.6 Å². The summed E-state index contributed by atoms with van der Waals surface area (Å²) >= 11 is 0. The van der Waals surface area contributed by atoms with Gasteiger partial charge in [-0.15, -0.1) is 0 Å². The molecule has 14 heteroatoms. The third-order valence-corrected chi connectivity index (χ3v) is 15.9. The van der Waals surface area contributed by atoms with E-state index >= 15 is 35.1 Å². The predicted molar refractivity (Wildman–Crippen MR) is 353 cm³/mol. The Morgan fingerprint density at radius 3 is 0.946 bits per heavy atom. The number of benzene rings is 12. The molecule has 92 heavy (non-hydrogen) atoms. The summed E-state index contributed by atoms with van der Waals surface area (Å²) in [6.07, 6.45) is 3.42. The standard InChI is InChI=1S/C78H54F8N6/c79-66-38-20-39-67(80)74(66)89(56-29-11-3-12-30-56)62-47-61(48-63(49-62)90(57-31-13-4-14-32-57)75-68(81)40-21-41-69(75)82)88(55-27-9-2-10-28-55)60-37-19-24-53(46-60)78(87-54-25-7-1-8-26-54)51-64(91(58-33-15-5-16-34-58)76-70(83)42-22-43-71(76)84)50-65(52-78)92(59-35-17-6-18-36-59)77-72(85)44-23-45-73(77)86/h1-51,87H,52H2. The Morgan fingerprint density at radius 1 is 0.261 bits per heavy atom. The van der Waals surface area contributed by atoms with E-state index in [4.69, 9.17) is 0 Å². The average molecular weight is 1230 g/mol. The molecule has 12 aromatic carbocycles. The topological polar surface area (TPSA) is 28.2 Å². The Balaban J connectivity index is 1.11. The highest BCUT2D eigenvalue weighted by atomic mass is 19.2. The normalized spacial score (nSPS) is 13.6. The van der Waals surface area contributed by atoms with Crippen LogP contribution in [0.15, 0.2) is 321 Å². The second-order valence-corrected chi connectivity index (χ2v) is 21.7. The summed E-state index contributed by atoms with van der Waals surface area (Å²) in [5.74, 6) is -7.16. The van der Waals surface area contributed by atoms with Crippen LogP contribution < -0.4 is 29.8 Å². The Bertz CT molecular complexity index is 4470. The molecule has 1 aliphatic carbocycles. The van der Waals surface area contributed by atoms with Crippen LogP contribution in [-0.2, 0) is 5.54 Å². The van der Waals surface area contributed by atoms with E-state index < -0.39 is 74.8 Å². The average Bonchev–Trinajstić information content (AvgIpc) is 0.914. The molecule has 0 heterocycles. The molecule has 0 saturated heterocycles. The van der Waals surface area contributed by atoms with Crippen molar-refractivity contribution in [3.8, 4) is 0 Å². The molecular formula is C78H54F8N6. The lowest BCUT2D eigenvalue weighted by Gasteiger charge is -2.43. The van der Waals surface area contributed by atoms with Crippen LogP contribution >= 0.6 is 0 Å². The molecule has 1 N–H and O–H groups in total. The van der Waals surface area contributed by atoms with Crippen molar-refractivity contribution in [2.75, 3.05) is 29.8 Å². The first-order valence-corrected chi connectivity index (χ1v) is 29.5. The summed E-state index contributed by atoms with van der Waals surface area (Å²) in [6, 6.07) is 79.7. The molecule has 0 amide bonds. The zero-order valence-electron chi connectivity index (χ0n) is 48.9. The number of anilines is 14. The lowest BCUT2D eigenvalue weighted by atomic mass is 9.79. The van der Waals surface area contributed by atoms with Gasteiger partial charge in [0.25, 0.3) is 0 Å². The van der Waals surface area contributed by atoms with E-state index in [-0.39, 0.29) is 29.2 Å². The Hall–Kier alpha value is -11.6. The van der Waals surface area contributed by atoms with Crippen LogP contribution in [0.5, 0.6) is 0 Å². The number of para-hydroxylation sites is 10. The minimum atomic E-state index is -1.55. The van der Waals surface area contributed by atoms with Crippen LogP contribution in [0, 0.1) is 46.5 Å². The molecular weight excluding hydrogens is 1170 g/mol. The molecule has 0 bridgehead atoms. The van der Waals surface area contributed by atoms with Crippen LogP contribution in [0.25, 0.3) is 0 Å². The highest BCUT2D eigenvalue weighted by Crippen LogP contribution is 2.51. The molecule has 13 rings (SSSR count). The third-order valence-electron chi connectivity index (χ3n) is 15.9. The number of hydrogen-bond donors (Lipinski definition) is 1. The predicted octanol–water partition coefficient (Wildman–Crippen LogP) is 22.4. The highest BCUT2D eigenvalue weighted by molar-refractivity contribution is 5.90. The molecule has 0 fully saturated rings. The Kier molecular flexibility index (Phi) is 16.7. The van der Waals surface area contributed by atoms with Gasteiger partial charge in [-0.3, -0.25) is 0 Å². The zero-order chi connectivity index (χ0) is 63.3. The number of hydrogen-bond acceptors (Lipinski definition) is 6. The smallest absolute Gasteiger partial charge is 0.150 e. The lowest BCUT2D eigenvalue weighted by Crippen LogP contribution is -2.40. The van der Waals surface area contributed by atoms with Gasteiger partial charge in [-0.25, -0.2) is 35.1 Å². The molecule has 0 radical (unpaired) electrons. The van der Waals surface area contributed by atoms with E-state index in [1.165, 1.54) is 43.9 Å². The van der Waals surface area contributed by atoms with E-state index in [1.807, 2.05) is 95.9 Å². The fraction of sp³-hybridized carbons (Fsp3) is 0.0256. The van der Waals surface area contributed by atoms with Crippen molar-refractivity contribution >= 4 is 79.6 Å². The van der Waals surface area contributed by atoms with Gasteiger partial charge in [0.1, 0.15) is 69.3 Å². The van der Waals surface area contributed by atoms with Crippen LogP contribution in [0.3, 0.4) is 0 Å². The van der Waals surface area contributed by atoms with Crippen molar-refractivity contribution in [3.05, 3.63) is 373 Å². The Morgan fingerprint density at radius 2 is 0.554 bits per heavy atom. The molecule has 12 aromatic rings. The molecule has 452 valence electrons. The van der Waals surface area contributed by atoms with Crippen LogP contribution in [0.2, 0.25) is 0 Å². The minimum absolute atomic E-state index is 0.0919. The maximum Gasteiger partial charge on any atom is 0.150 e. The van der Waals surface area contributed by atoms with Crippen molar-refractivity contribution in [2.45, 2.75) is 12.0 Å². The van der Waals surface area contributed by atoms with E-state index in [9.17, 15) is 0 Å². The quantitative estimate of drug-likeness (QED) is 0.0861. The van der Waals surface area contributed by atoms with Gasteiger partial charge >= 0.3 is 0 Å². The van der Waals surface area contributed by atoms with Crippen LogP contribution in [-0.4, -0.2) is 0 Å². The van der Waals surface area contributed by atoms with Crippen LogP contribution in [0.4, 0.5) is 115 Å². The molecule has 1 atom stereocenters. The molecule has 0 aromatic heterocycles. The summed E-state index contributed by atoms with van der Waals surface area (Å²) in [5, 5.41) is 3.81. The lowest BCUT2D eigenvalue weighted by molar-refractivity contribution is 0.563. The fourth-order valence-corrected chi connectivity index (χ4v) is 11.9. The number of nitrogens with zero attached hydrogens (tertiary/aromatic N) is 5. The van der Waals surface area contributed by atoms with E-state index in [2.05, 4.69) is 5.32 Å². The number of nitrogens with one attached hydrogen (secondary N) is 1. The van der Waals surface area contributed by atoms with Crippen molar-refractivity contribution < 1.29 is 35.1 Å². The van der Waals surface area contributed by atoms with Crippen molar-refractivity contribution in [1.29, 1.82) is 0 Å². The molecule has 1 unspecified atom stereocenters. The monoisotopic (exact) mass is 1230 g/mol. The second-order valence-electron chi connectivity index (χ2n) is 21.7. The molecule has 0 aliphatic heterocycles. The first kappa shape index (κ1) is 59.3. The van der Waals surface area contributed by atoms with E-state index in [1.54, 1.807) is 146 Å². The van der Waals surface area contributed by atoms with E-state index in [0.717, 1.165) is 48.5 Å². The van der Waals surface area contributed by atoms with Gasteiger partial charge in [0.15, 0.2) is 0 Å². The van der Waals surface area contributed by atoms with Gasteiger partial charge < -0.3 is 29.8 Å². The fourth-order valence-electron chi connectivity index (χ4n) is 11.9. The molecule has 0 saturated carbocycles. The van der Waals surface area contributed by atoms with Gasteiger partial charge in [0.2, 0.25) is 0 Å².